The highest BCUT2D eigenvalue weighted by atomic mass is 16.6. The lowest BCUT2D eigenvalue weighted by atomic mass is 10.2. The lowest BCUT2D eigenvalue weighted by Crippen LogP contribution is -2.35. The van der Waals surface area contributed by atoms with Gasteiger partial charge in [0, 0.05) is 6.42 Å². The summed E-state index contributed by atoms with van der Waals surface area (Å²) in [5.74, 6) is -0.413. The van der Waals surface area contributed by atoms with Crippen molar-refractivity contribution in [3.63, 3.8) is 0 Å². The van der Waals surface area contributed by atoms with E-state index in [1.165, 1.54) is 6.08 Å². The zero-order valence-electron chi connectivity index (χ0n) is 8.22. The van der Waals surface area contributed by atoms with Crippen molar-refractivity contribution in [3.05, 3.63) is 12.7 Å². The lowest BCUT2D eigenvalue weighted by molar-refractivity contribution is -0.119. The van der Waals surface area contributed by atoms with Crippen LogP contribution in [0.1, 0.15) is 27.2 Å². The molecule has 0 heterocycles. The van der Waals surface area contributed by atoms with Crippen LogP contribution in [0, 0.1) is 0 Å². The maximum atomic E-state index is 11.0. The van der Waals surface area contributed by atoms with Gasteiger partial charge in [-0.25, -0.2) is 4.79 Å². The Labute approximate surface area is 78.0 Å². The predicted molar refractivity (Wildman–Crippen MR) is 49.2 cm³/mol. The van der Waals surface area contributed by atoms with Crippen molar-refractivity contribution in [2.24, 2.45) is 0 Å². The third-order valence-electron chi connectivity index (χ3n) is 0.970. The molecule has 0 aliphatic heterocycles. The average Bonchev–Trinajstić information content (AvgIpc) is 1.81. The highest BCUT2D eigenvalue weighted by Crippen LogP contribution is 2.06. The number of amides is 2. The Morgan fingerprint density at radius 2 is 2.00 bits per heavy atom. The Kier molecular flexibility index (Phi) is 4.17. The van der Waals surface area contributed by atoms with Crippen molar-refractivity contribution in [3.8, 4) is 0 Å². The maximum Gasteiger partial charge on any atom is 0.414 e. The van der Waals surface area contributed by atoms with Crippen LogP contribution in [0.15, 0.2) is 12.7 Å². The van der Waals surface area contributed by atoms with Gasteiger partial charge < -0.3 is 4.74 Å². The first-order chi connectivity index (χ1) is 5.85. The Morgan fingerprint density at radius 1 is 1.46 bits per heavy atom. The van der Waals surface area contributed by atoms with E-state index in [2.05, 4.69) is 11.9 Å². The van der Waals surface area contributed by atoms with Crippen molar-refractivity contribution in [2.75, 3.05) is 0 Å². The first kappa shape index (κ1) is 11.7. The molecule has 0 rings (SSSR count). The van der Waals surface area contributed by atoms with Crippen molar-refractivity contribution in [1.82, 2.24) is 5.32 Å². The maximum absolute atomic E-state index is 11.0. The second-order valence-electron chi connectivity index (χ2n) is 3.54. The van der Waals surface area contributed by atoms with Crippen molar-refractivity contribution in [2.45, 2.75) is 32.8 Å². The Hall–Kier alpha value is -1.32. The number of nitrogens with one attached hydrogen (secondary N) is 1. The standard InChI is InChI=1S/C9H15NO3/c1-5-6-7(11)10-8(12)13-9(2,3)4/h5H,1,6H2,2-4H3,(H,10,11,12). The van der Waals surface area contributed by atoms with Crippen LogP contribution in [0.5, 0.6) is 0 Å². The lowest BCUT2D eigenvalue weighted by Gasteiger charge is -2.18. The van der Waals surface area contributed by atoms with Gasteiger partial charge in [0.1, 0.15) is 5.60 Å². The molecule has 1 N–H and O–H groups in total. The number of ether oxygens (including phenoxy) is 1. The van der Waals surface area contributed by atoms with Crippen LogP contribution >= 0.6 is 0 Å². The molecule has 0 saturated heterocycles. The highest BCUT2D eigenvalue weighted by molar-refractivity contribution is 5.92. The third-order valence-corrected chi connectivity index (χ3v) is 0.970. The Bertz CT molecular complexity index is 215. The van der Waals surface area contributed by atoms with Gasteiger partial charge in [-0.15, -0.1) is 6.58 Å². The molecule has 0 saturated carbocycles. The van der Waals surface area contributed by atoms with E-state index in [1.807, 2.05) is 0 Å². The number of carbonyl (C=O) groups excluding carboxylic acids is 2. The Morgan fingerprint density at radius 3 is 2.38 bits per heavy atom. The molecule has 4 heteroatoms. The van der Waals surface area contributed by atoms with Crippen LogP contribution in [-0.4, -0.2) is 17.6 Å². The van der Waals surface area contributed by atoms with Gasteiger partial charge in [-0.05, 0) is 20.8 Å². The van der Waals surface area contributed by atoms with E-state index in [9.17, 15) is 9.59 Å². The van der Waals surface area contributed by atoms with Gasteiger partial charge in [0.05, 0.1) is 0 Å². The van der Waals surface area contributed by atoms with Gasteiger partial charge in [-0.3, -0.25) is 10.1 Å². The fourth-order valence-corrected chi connectivity index (χ4v) is 0.600. The highest BCUT2D eigenvalue weighted by Gasteiger charge is 2.17. The van der Waals surface area contributed by atoms with E-state index in [0.29, 0.717) is 0 Å². The van der Waals surface area contributed by atoms with Crippen molar-refractivity contribution >= 4 is 12.0 Å². The van der Waals surface area contributed by atoms with Crippen LogP contribution in [0.2, 0.25) is 0 Å². The monoisotopic (exact) mass is 185 g/mol. The summed E-state index contributed by atoms with van der Waals surface area (Å²) in [4.78, 5) is 21.8. The molecule has 0 atom stereocenters. The first-order valence-corrected chi connectivity index (χ1v) is 3.99. The minimum Gasteiger partial charge on any atom is -0.444 e. The molecule has 4 nitrogen and oxygen atoms in total. The summed E-state index contributed by atoms with van der Waals surface area (Å²) in [5, 5.41) is 2.07. The van der Waals surface area contributed by atoms with Crippen LogP contribution in [0.25, 0.3) is 0 Å². The van der Waals surface area contributed by atoms with E-state index in [0.717, 1.165) is 0 Å². The van der Waals surface area contributed by atoms with E-state index < -0.39 is 17.6 Å². The minimum absolute atomic E-state index is 0.110. The predicted octanol–water partition coefficient (Wildman–Crippen LogP) is 1.61. The van der Waals surface area contributed by atoms with Gasteiger partial charge in [-0.1, -0.05) is 6.08 Å². The molecule has 0 spiro atoms. The molecule has 0 aromatic rings. The molecule has 2 amide bonds. The van der Waals surface area contributed by atoms with Crippen LogP contribution in [-0.2, 0) is 9.53 Å². The van der Waals surface area contributed by atoms with E-state index >= 15 is 0 Å². The summed E-state index contributed by atoms with van der Waals surface area (Å²) in [6, 6.07) is 0. The van der Waals surface area contributed by atoms with Gasteiger partial charge in [0.2, 0.25) is 5.91 Å². The van der Waals surface area contributed by atoms with Crippen molar-refractivity contribution in [1.29, 1.82) is 0 Å². The van der Waals surface area contributed by atoms with E-state index in [1.54, 1.807) is 20.8 Å². The topological polar surface area (TPSA) is 55.4 Å². The number of carbonyl (C=O) groups is 2. The van der Waals surface area contributed by atoms with E-state index in [4.69, 9.17) is 4.74 Å². The zero-order valence-corrected chi connectivity index (χ0v) is 8.22. The quantitative estimate of drug-likeness (QED) is 0.665. The van der Waals surface area contributed by atoms with Crippen LogP contribution < -0.4 is 5.32 Å². The second-order valence-corrected chi connectivity index (χ2v) is 3.54. The third kappa shape index (κ3) is 7.05. The number of rotatable bonds is 2. The minimum atomic E-state index is -0.723. The number of imide groups is 1. The molecule has 13 heavy (non-hydrogen) atoms. The van der Waals surface area contributed by atoms with E-state index in [-0.39, 0.29) is 6.42 Å². The summed E-state index contributed by atoms with van der Waals surface area (Å²) in [7, 11) is 0. The molecule has 0 aromatic carbocycles. The van der Waals surface area contributed by atoms with Crippen molar-refractivity contribution < 1.29 is 14.3 Å². The molecule has 0 radical (unpaired) electrons. The molecule has 0 fully saturated rings. The Balaban J connectivity index is 3.88. The molecule has 0 bridgehead atoms. The van der Waals surface area contributed by atoms with Crippen LogP contribution in [0.3, 0.4) is 0 Å². The molecular formula is C9H15NO3. The summed E-state index contributed by atoms with van der Waals surface area (Å²) < 4.78 is 4.85. The van der Waals surface area contributed by atoms with Gasteiger partial charge in [0.25, 0.3) is 0 Å². The molecule has 0 aromatic heterocycles. The molecule has 0 aliphatic carbocycles. The summed E-state index contributed by atoms with van der Waals surface area (Å²) in [6.45, 7) is 8.55. The summed E-state index contributed by atoms with van der Waals surface area (Å²) in [6.07, 6.45) is 0.804. The molecular weight excluding hydrogens is 170 g/mol. The fraction of sp³-hybridized carbons (Fsp3) is 0.556. The van der Waals surface area contributed by atoms with Gasteiger partial charge >= 0.3 is 6.09 Å². The summed E-state index contributed by atoms with van der Waals surface area (Å²) in [5.41, 5.74) is -0.585. The largest absolute Gasteiger partial charge is 0.444 e. The zero-order chi connectivity index (χ0) is 10.5. The normalized spacial score (nSPS) is 10.4. The SMILES string of the molecule is C=CCC(=O)NC(=O)OC(C)(C)C. The fourth-order valence-electron chi connectivity index (χ4n) is 0.600. The smallest absolute Gasteiger partial charge is 0.414 e. The van der Waals surface area contributed by atoms with Gasteiger partial charge in [0.15, 0.2) is 0 Å². The number of hydrogen-bond donors (Lipinski definition) is 1. The van der Waals surface area contributed by atoms with Crippen LogP contribution in [0.4, 0.5) is 4.79 Å². The van der Waals surface area contributed by atoms with Gasteiger partial charge in [-0.2, -0.15) is 0 Å². The molecule has 0 aliphatic rings. The number of hydrogen-bond acceptors (Lipinski definition) is 3. The average molecular weight is 185 g/mol. The summed E-state index contributed by atoms with van der Waals surface area (Å²) >= 11 is 0. The second kappa shape index (κ2) is 4.64. The molecule has 0 unspecified atom stereocenters. The first-order valence-electron chi connectivity index (χ1n) is 3.99. The number of alkyl carbamates (subject to hydrolysis) is 1. The molecule has 74 valence electrons.